The summed E-state index contributed by atoms with van der Waals surface area (Å²) in [5.74, 6) is -1.11. The van der Waals surface area contributed by atoms with E-state index in [2.05, 4.69) is 0 Å². The number of hydrogen-bond acceptors (Lipinski definition) is 3. The highest BCUT2D eigenvalue weighted by Gasteiger charge is 2.32. The lowest BCUT2D eigenvalue weighted by atomic mass is 9.93. The molecular formula is C15H25NO4. The highest BCUT2D eigenvalue weighted by Crippen LogP contribution is 2.24. The van der Waals surface area contributed by atoms with Gasteiger partial charge in [0.05, 0.1) is 12.0 Å². The maximum atomic E-state index is 12.3. The standard InChI is InChI=1S/C15H25NO4/c1-11-5-6-12(15(18)19)10-16(11)14(17)8-7-13-4-2-3-9-20-13/h11-13H,2-10H2,1H3,(H,18,19). The van der Waals surface area contributed by atoms with Crippen LogP contribution in [0, 0.1) is 5.92 Å². The van der Waals surface area contributed by atoms with Crippen molar-refractivity contribution < 1.29 is 19.4 Å². The highest BCUT2D eigenvalue weighted by molar-refractivity contribution is 5.78. The summed E-state index contributed by atoms with van der Waals surface area (Å²) in [6, 6.07) is 0.158. The van der Waals surface area contributed by atoms with Crippen LogP contribution in [0.15, 0.2) is 0 Å². The fraction of sp³-hybridized carbons (Fsp3) is 0.867. The summed E-state index contributed by atoms with van der Waals surface area (Å²) in [5.41, 5.74) is 0. The first-order valence-corrected chi connectivity index (χ1v) is 7.72. The number of hydrogen-bond donors (Lipinski definition) is 1. The molecule has 1 amide bonds. The van der Waals surface area contributed by atoms with Crippen molar-refractivity contribution in [3.05, 3.63) is 0 Å². The van der Waals surface area contributed by atoms with Gasteiger partial charge in [0.2, 0.25) is 5.91 Å². The molecule has 2 fully saturated rings. The number of aliphatic carboxylic acids is 1. The summed E-state index contributed by atoms with van der Waals surface area (Å²) >= 11 is 0. The number of ether oxygens (including phenoxy) is 1. The molecule has 20 heavy (non-hydrogen) atoms. The molecule has 3 unspecified atom stereocenters. The third kappa shape index (κ3) is 3.95. The van der Waals surface area contributed by atoms with E-state index < -0.39 is 11.9 Å². The van der Waals surface area contributed by atoms with Crippen molar-refractivity contribution in [3.63, 3.8) is 0 Å². The Labute approximate surface area is 120 Å². The van der Waals surface area contributed by atoms with Gasteiger partial charge in [0.1, 0.15) is 0 Å². The number of amides is 1. The summed E-state index contributed by atoms with van der Waals surface area (Å²) < 4.78 is 5.64. The number of carbonyl (C=O) groups excluding carboxylic acids is 1. The van der Waals surface area contributed by atoms with Crippen LogP contribution >= 0.6 is 0 Å². The van der Waals surface area contributed by atoms with Gasteiger partial charge in [0.25, 0.3) is 0 Å². The molecule has 5 heteroatoms. The molecule has 0 aromatic heterocycles. The first-order chi connectivity index (χ1) is 9.58. The SMILES string of the molecule is CC1CCC(C(=O)O)CN1C(=O)CCC1CCCCO1. The number of carbonyl (C=O) groups is 2. The van der Waals surface area contributed by atoms with E-state index in [0.717, 1.165) is 32.3 Å². The second-order valence-corrected chi connectivity index (χ2v) is 6.03. The molecule has 5 nitrogen and oxygen atoms in total. The number of likely N-dealkylation sites (tertiary alicyclic amines) is 1. The Bertz CT molecular complexity index is 352. The number of carboxylic acids is 1. The van der Waals surface area contributed by atoms with Crippen molar-refractivity contribution in [2.24, 2.45) is 5.92 Å². The summed E-state index contributed by atoms with van der Waals surface area (Å²) in [4.78, 5) is 25.1. The second-order valence-electron chi connectivity index (χ2n) is 6.03. The largest absolute Gasteiger partial charge is 0.481 e. The van der Waals surface area contributed by atoms with Crippen LogP contribution in [0.4, 0.5) is 0 Å². The van der Waals surface area contributed by atoms with Crippen LogP contribution in [-0.4, -0.2) is 47.2 Å². The second kappa shape index (κ2) is 7.07. The summed E-state index contributed by atoms with van der Waals surface area (Å²) in [5, 5.41) is 9.10. The van der Waals surface area contributed by atoms with E-state index in [4.69, 9.17) is 9.84 Å². The number of nitrogens with zero attached hydrogens (tertiary/aromatic N) is 1. The van der Waals surface area contributed by atoms with Crippen LogP contribution in [0.25, 0.3) is 0 Å². The Hall–Kier alpha value is -1.10. The molecular weight excluding hydrogens is 258 g/mol. The van der Waals surface area contributed by atoms with Gasteiger partial charge in [0.15, 0.2) is 0 Å². The lowest BCUT2D eigenvalue weighted by Crippen LogP contribution is -2.47. The highest BCUT2D eigenvalue weighted by atomic mass is 16.5. The third-order valence-corrected chi connectivity index (χ3v) is 4.51. The van der Waals surface area contributed by atoms with E-state index in [0.29, 0.717) is 19.4 Å². The fourth-order valence-electron chi connectivity index (χ4n) is 3.12. The first-order valence-electron chi connectivity index (χ1n) is 7.72. The number of piperidine rings is 1. The van der Waals surface area contributed by atoms with Crippen molar-refractivity contribution in [2.75, 3.05) is 13.2 Å². The summed E-state index contributed by atoms with van der Waals surface area (Å²) in [6.07, 6.45) is 6.24. The van der Waals surface area contributed by atoms with E-state index in [1.807, 2.05) is 6.92 Å². The smallest absolute Gasteiger partial charge is 0.308 e. The average Bonchev–Trinajstić information content (AvgIpc) is 2.46. The van der Waals surface area contributed by atoms with Crippen molar-refractivity contribution in [3.8, 4) is 0 Å². The van der Waals surface area contributed by atoms with Crippen LogP contribution in [-0.2, 0) is 14.3 Å². The molecule has 2 aliphatic heterocycles. The minimum absolute atomic E-state index is 0.0811. The van der Waals surface area contributed by atoms with Crippen LogP contribution < -0.4 is 0 Å². The van der Waals surface area contributed by atoms with Crippen molar-refractivity contribution >= 4 is 11.9 Å². The first kappa shape index (κ1) is 15.3. The molecule has 0 bridgehead atoms. The fourth-order valence-corrected chi connectivity index (χ4v) is 3.12. The van der Waals surface area contributed by atoms with E-state index in [-0.39, 0.29) is 18.1 Å². The molecule has 114 valence electrons. The van der Waals surface area contributed by atoms with Crippen molar-refractivity contribution in [1.82, 2.24) is 4.90 Å². The van der Waals surface area contributed by atoms with Crippen molar-refractivity contribution in [1.29, 1.82) is 0 Å². The van der Waals surface area contributed by atoms with Gasteiger partial charge in [0, 0.05) is 25.6 Å². The Morgan fingerprint density at radius 2 is 2.05 bits per heavy atom. The Balaban J connectivity index is 1.81. The van der Waals surface area contributed by atoms with Gasteiger partial charge in [-0.05, 0) is 45.4 Å². The average molecular weight is 283 g/mol. The van der Waals surface area contributed by atoms with Gasteiger partial charge in [-0.25, -0.2) is 0 Å². The van der Waals surface area contributed by atoms with E-state index in [1.54, 1.807) is 4.90 Å². The van der Waals surface area contributed by atoms with Crippen LogP contribution in [0.1, 0.15) is 51.9 Å². The quantitative estimate of drug-likeness (QED) is 0.857. The third-order valence-electron chi connectivity index (χ3n) is 4.51. The molecule has 2 heterocycles. The molecule has 0 aliphatic carbocycles. The van der Waals surface area contributed by atoms with Crippen LogP contribution in [0.5, 0.6) is 0 Å². The summed E-state index contributed by atoms with van der Waals surface area (Å²) in [7, 11) is 0. The van der Waals surface area contributed by atoms with Crippen molar-refractivity contribution in [2.45, 2.75) is 64.0 Å². The zero-order valence-corrected chi connectivity index (χ0v) is 12.2. The molecule has 0 radical (unpaired) electrons. The maximum Gasteiger partial charge on any atom is 0.308 e. The lowest BCUT2D eigenvalue weighted by Gasteiger charge is -2.37. The Kier molecular flexibility index (Phi) is 5.40. The molecule has 3 atom stereocenters. The lowest BCUT2D eigenvalue weighted by molar-refractivity contribution is -0.147. The summed E-state index contributed by atoms with van der Waals surface area (Å²) in [6.45, 7) is 3.17. The van der Waals surface area contributed by atoms with Crippen LogP contribution in [0.3, 0.4) is 0 Å². The van der Waals surface area contributed by atoms with Gasteiger partial charge in [-0.3, -0.25) is 9.59 Å². The molecule has 2 saturated heterocycles. The Morgan fingerprint density at radius 3 is 2.70 bits per heavy atom. The van der Waals surface area contributed by atoms with Gasteiger partial charge in [-0.1, -0.05) is 0 Å². The molecule has 2 rings (SSSR count). The Morgan fingerprint density at radius 1 is 1.25 bits per heavy atom. The van der Waals surface area contributed by atoms with Crippen LogP contribution in [0.2, 0.25) is 0 Å². The van der Waals surface area contributed by atoms with Gasteiger partial charge < -0.3 is 14.7 Å². The predicted octanol–water partition coefficient (Wildman–Crippen LogP) is 2.05. The molecule has 1 N–H and O–H groups in total. The normalized spacial score (nSPS) is 31.1. The minimum Gasteiger partial charge on any atom is -0.481 e. The zero-order chi connectivity index (χ0) is 14.5. The topological polar surface area (TPSA) is 66.8 Å². The zero-order valence-electron chi connectivity index (χ0n) is 12.2. The van der Waals surface area contributed by atoms with E-state index >= 15 is 0 Å². The maximum absolute atomic E-state index is 12.3. The molecule has 0 aromatic carbocycles. The number of carboxylic acid groups (broad SMARTS) is 1. The van der Waals surface area contributed by atoms with Gasteiger partial charge >= 0.3 is 5.97 Å². The molecule has 2 aliphatic rings. The minimum atomic E-state index is -0.787. The number of rotatable bonds is 4. The van der Waals surface area contributed by atoms with Gasteiger partial charge in [-0.2, -0.15) is 0 Å². The van der Waals surface area contributed by atoms with E-state index in [1.165, 1.54) is 6.42 Å². The van der Waals surface area contributed by atoms with Gasteiger partial charge in [-0.15, -0.1) is 0 Å². The molecule has 0 aromatic rings. The molecule has 0 spiro atoms. The van der Waals surface area contributed by atoms with E-state index in [9.17, 15) is 9.59 Å². The molecule has 0 saturated carbocycles. The monoisotopic (exact) mass is 283 g/mol. The predicted molar refractivity (Wildman–Crippen MR) is 74.4 cm³/mol.